The molecule has 9 nitrogen and oxygen atoms in total. The number of phenols is 4. The van der Waals surface area contributed by atoms with Crippen molar-refractivity contribution in [1.82, 2.24) is 0 Å². The Balaban J connectivity index is 2.09. The van der Waals surface area contributed by atoms with Crippen LogP contribution < -0.4 is 4.74 Å². The Kier molecular flexibility index (Phi) is 4.82. The minimum atomic E-state index is -2.51. The summed E-state index contributed by atoms with van der Waals surface area (Å²) >= 11 is 0. The van der Waals surface area contributed by atoms with Crippen LogP contribution in [0, 0.1) is 13.8 Å². The van der Waals surface area contributed by atoms with Crippen LogP contribution in [0.3, 0.4) is 0 Å². The molecule has 0 fully saturated rings. The van der Waals surface area contributed by atoms with Crippen LogP contribution in [0.5, 0.6) is 34.5 Å². The van der Waals surface area contributed by atoms with Gasteiger partial charge >= 0.3 is 0 Å². The molecule has 5 rings (SSSR count). The van der Waals surface area contributed by atoms with Gasteiger partial charge in [0.15, 0.2) is 34.4 Å². The number of Topliss-reactive ketones (excluding diaryl/α,β-unsaturated/α-hetero) is 2. The summed E-state index contributed by atoms with van der Waals surface area (Å²) in [5.41, 5.74) is -3.48. The molecule has 5 N–H and O–H groups in total. The van der Waals surface area contributed by atoms with Gasteiger partial charge in [0.05, 0.1) is 0 Å². The number of aryl methyl sites for hydroxylation is 2. The van der Waals surface area contributed by atoms with E-state index in [1.54, 1.807) is 32.9 Å². The van der Waals surface area contributed by atoms with Crippen molar-refractivity contribution >= 4 is 11.6 Å². The monoisotopic (exact) mass is 492 g/mol. The molecule has 2 aliphatic heterocycles. The Morgan fingerprint density at radius 2 is 1.47 bits per heavy atom. The van der Waals surface area contributed by atoms with E-state index < -0.39 is 45.6 Å². The lowest BCUT2D eigenvalue weighted by molar-refractivity contribution is -0.151. The number of aliphatic hydroxyl groups is 1. The van der Waals surface area contributed by atoms with E-state index in [1.807, 2.05) is 0 Å². The second-order valence-corrected chi connectivity index (χ2v) is 9.34. The first-order valence-electron chi connectivity index (χ1n) is 11.2. The Bertz CT molecular complexity index is 1420. The highest BCUT2D eigenvalue weighted by molar-refractivity contribution is 6.26. The number of rotatable bonds is 1. The molecule has 0 bridgehead atoms. The fraction of sp³-hybridized carbons (Fsp3) is 0.259. The molecular weight excluding hydrogens is 468 g/mol. The zero-order chi connectivity index (χ0) is 26.3. The number of allylic oxidation sites excluding steroid dienone is 4. The molecule has 0 saturated heterocycles. The Morgan fingerprint density at radius 1 is 0.944 bits per heavy atom. The number of carbonyl (C=O) groups excluding carboxylic acids is 2. The van der Waals surface area contributed by atoms with Crippen LogP contribution in [-0.4, -0.2) is 49.3 Å². The summed E-state index contributed by atoms with van der Waals surface area (Å²) in [6, 6.07) is 2.49. The molecule has 0 amide bonds. The lowest BCUT2D eigenvalue weighted by Gasteiger charge is -2.48. The molecule has 1 atom stereocenters. The maximum Gasteiger partial charge on any atom is 0.201 e. The number of fused-ring (bicyclic) bond motifs is 5. The van der Waals surface area contributed by atoms with E-state index in [4.69, 9.17) is 9.47 Å². The first kappa shape index (κ1) is 23.5. The van der Waals surface area contributed by atoms with Crippen molar-refractivity contribution in [3.05, 3.63) is 69.5 Å². The fourth-order valence-corrected chi connectivity index (χ4v) is 5.54. The predicted molar refractivity (Wildman–Crippen MR) is 126 cm³/mol. The zero-order valence-electron chi connectivity index (χ0n) is 20.0. The quantitative estimate of drug-likeness (QED) is 0.298. The van der Waals surface area contributed by atoms with Crippen LogP contribution in [0.15, 0.2) is 47.3 Å². The van der Waals surface area contributed by atoms with Gasteiger partial charge in [-0.1, -0.05) is 6.08 Å². The van der Waals surface area contributed by atoms with Crippen molar-refractivity contribution in [3.8, 4) is 34.5 Å². The molecule has 0 radical (unpaired) electrons. The smallest absolute Gasteiger partial charge is 0.201 e. The van der Waals surface area contributed by atoms with Crippen LogP contribution in [0.1, 0.15) is 36.1 Å². The van der Waals surface area contributed by atoms with Crippen molar-refractivity contribution in [2.45, 2.75) is 38.7 Å². The summed E-state index contributed by atoms with van der Waals surface area (Å²) in [6.45, 7) is 5.78. The van der Waals surface area contributed by atoms with Gasteiger partial charge in [0.1, 0.15) is 17.8 Å². The van der Waals surface area contributed by atoms with Gasteiger partial charge in [-0.2, -0.15) is 0 Å². The number of hydrogen-bond donors (Lipinski definition) is 5. The third-order valence-electron chi connectivity index (χ3n) is 7.05. The lowest BCUT2D eigenvalue weighted by Crippen LogP contribution is -2.61. The topological polar surface area (TPSA) is 154 Å². The van der Waals surface area contributed by atoms with Crippen molar-refractivity contribution in [3.63, 3.8) is 0 Å². The standard InChI is InChI=1S/C27H24O9/c1-5-6-13-9-15-14(10-35-13)24(32)26(4,34)25(33)27(15)18-11(2)7-16(28)20(30)22(18)36-23-19(27)12(3)8-17(29)21(23)31/h5-9,28-31,34H,10H2,1-4H3/b6-5+. The van der Waals surface area contributed by atoms with E-state index in [0.29, 0.717) is 16.9 Å². The summed E-state index contributed by atoms with van der Waals surface area (Å²) < 4.78 is 11.6. The summed E-state index contributed by atoms with van der Waals surface area (Å²) in [5.74, 6) is -4.64. The van der Waals surface area contributed by atoms with Crippen molar-refractivity contribution in [2.75, 3.05) is 6.61 Å². The molecule has 36 heavy (non-hydrogen) atoms. The average molecular weight is 492 g/mol. The van der Waals surface area contributed by atoms with Gasteiger partial charge in [-0.05, 0) is 68.7 Å². The van der Waals surface area contributed by atoms with Crippen molar-refractivity contribution in [1.29, 1.82) is 0 Å². The van der Waals surface area contributed by atoms with Crippen molar-refractivity contribution < 1.29 is 44.6 Å². The van der Waals surface area contributed by atoms with E-state index in [1.165, 1.54) is 18.2 Å². The molecule has 1 spiro atoms. The number of ketones is 2. The van der Waals surface area contributed by atoms with Crippen LogP contribution in [0.4, 0.5) is 0 Å². The second kappa shape index (κ2) is 7.38. The Hall–Kier alpha value is -4.24. The highest BCUT2D eigenvalue weighted by Gasteiger charge is 2.64. The number of hydrogen-bond acceptors (Lipinski definition) is 9. The Morgan fingerprint density at radius 3 is 1.97 bits per heavy atom. The first-order chi connectivity index (χ1) is 16.9. The second-order valence-electron chi connectivity index (χ2n) is 9.34. The molecule has 2 aromatic carbocycles. The molecular formula is C27H24O9. The molecule has 3 aliphatic rings. The van der Waals surface area contributed by atoms with Gasteiger partial charge in [-0.15, -0.1) is 0 Å². The summed E-state index contributed by atoms with van der Waals surface area (Å²) in [5, 5.41) is 53.6. The minimum Gasteiger partial charge on any atom is -0.504 e. The summed E-state index contributed by atoms with van der Waals surface area (Å²) in [7, 11) is 0. The highest BCUT2D eigenvalue weighted by Crippen LogP contribution is 2.64. The largest absolute Gasteiger partial charge is 0.504 e. The predicted octanol–water partition coefficient (Wildman–Crippen LogP) is 3.21. The van der Waals surface area contributed by atoms with Gasteiger partial charge in [0.25, 0.3) is 0 Å². The summed E-state index contributed by atoms with van der Waals surface area (Å²) in [6.07, 6.45) is 4.86. The van der Waals surface area contributed by atoms with Gasteiger partial charge < -0.3 is 35.0 Å². The number of benzene rings is 2. The van der Waals surface area contributed by atoms with E-state index in [-0.39, 0.29) is 40.4 Å². The molecule has 186 valence electrons. The lowest BCUT2D eigenvalue weighted by atomic mass is 9.54. The molecule has 2 heterocycles. The molecule has 1 aliphatic carbocycles. The third-order valence-corrected chi connectivity index (χ3v) is 7.05. The van der Waals surface area contributed by atoms with E-state index in [2.05, 4.69) is 0 Å². The zero-order valence-corrected chi connectivity index (χ0v) is 20.0. The number of aromatic hydroxyl groups is 4. The van der Waals surface area contributed by atoms with Crippen LogP contribution >= 0.6 is 0 Å². The van der Waals surface area contributed by atoms with Crippen molar-refractivity contribution in [2.24, 2.45) is 0 Å². The maximum absolute atomic E-state index is 14.4. The Labute approximate surface area is 205 Å². The highest BCUT2D eigenvalue weighted by atomic mass is 16.5. The van der Waals surface area contributed by atoms with E-state index in [0.717, 1.165) is 6.92 Å². The molecule has 0 aromatic heterocycles. The van der Waals surface area contributed by atoms with E-state index >= 15 is 0 Å². The molecule has 9 heteroatoms. The van der Waals surface area contributed by atoms with Gasteiger partial charge in [0, 0.05) is 16.7 Å². The number of phenolic OH excluding ortho intramolecular Hbond substituents is 4. The van der Waals surface area contributed by atoms with Crippen LogP contribution in [0.2, 0.25) is 0 Å². The maximum atomic E-state index is 14.4. The van der Waals surface area contributed by atoms with Gasteiger partial charge in [0.2, 0.25) is 17.3 Å². The summed E-state index contributed by atoms with van der Waals surface area (Å²) in [4.78, 5) is 27.8. The fourth-order valence-electron chi connectivity index (χ4n) is 5.54. The van der Waals surface area contributed by atoms with E-state index in [9.17, 15) is 35.1 Å². The number of carbonyl (C=O) groups is 2. The minimum absolute atomic E-state index is 0.0329. The first-order valence-corrected chi connectivity index (χ1v) is 11.2. The normalized spacial score (nSPS) is 22.1. The molecule has 1 unspecified atom stereocenters. The molecule has 2 aromatic rings. The van der Waals surface area contributed by atoms with Gasteiger partial charge in [-0.25, -0.2) is 0 Å². The van der Waals surface area contributed by atoms with Crippen LogP contribution in [0.25, 0.3) is 0 Å². The third kappa shape index (κ3) is 2.68. The SMILES string of the molecule is C/C=C/C1=CC2=C(CO1)C(=O)C(C)(O)C(=O)C21c2c(C)cc(O)c(O)c2Oc2c(O)c(O)cc(C)c21. The van der Waals surface area contributed by atoms with Crippen LogP contribution in [-0.2, 0) is 19.7 Å². The number of ether oxygens (including phenoxy) is 2. The molecule has 0 saturated carbocycles. The average Bonchev–Trinajstić information content (AvgIpc) is 2.83. The van der Waals surface area contributed by atoms with Gasteiger partial charge in [-0.3, -0.25) is 9.59 Å².